The molecule has 1 unspecified atom stereocenters. The van der Waals surface area contributed by atoms with Crippen LogP contribution >= 0.6 is 0 Å². The molecule has 1 aliphatic heterocycles. The van der Waals surface area contributed by atoms with Crippen LogP contribution in [0.1, 0.15) is 12.8 Å². The molecular weight excluding hydrogens is 110 g/mol. The van der Waals surface area contributed by atoms with E-state index in [1.807, 2.05) is 6.08 Å². The Balaban J connectivity index is 2.11. The normalized spacial score (nSPS) is 27.9. The maximum atomic E-state index is 3.65. The first-order valence-electron chi connectivity index (χ1n) is 3.58. The molecule has 1 heterocycles. The van der Waals surface area contributed by atoms with Gasteiger partial charge in [-0.2, -0.15) is 0 Å². The van der Waals surface area contributed by atoms with Gasteiger partial charge in [0.25, 0.3) is 0 Å². The molecule has 1 N–H and O–H groups in total. The number of rotatable bonds is 2. The minimum atomic E-state index is 0.878. The average molecular weight is 124 g/mol. The third-order valence-corrected chi connectivity index (χ3v) is 1.80. The fraction of sp³-hybridized carbons (Fsp3) is 0.625. The van der Waals surface area contributed by atoms with Crippen LogP contribution in [-0.2, 0) is 0 Å². The molecule has 0 aromatic heterocycles. The second-order valence-corrected chi connectivity index (χ2v) is 2.57. The summed E-state index contributed by atoms with van der Waals surface area (Å²) in [4.78, 5) is 0. The van der Waals surface area contributed by atoms with Crippen molar-refractivity contribution < 1.29 is 0 Å². The van der Waals surface area contributed by atoms with Crippen LogP contribution in [0.3, 0.4) is 0 Å². The van der Waals surface area contributed by atoms with E-state index in [1.165, 1.54) is 25.9 Å². The summed E-state index contributed by atoms with van der Waals surface area (Å²) < 4.78 is 0. The zero-order valence-corrected chi connectivity index (χ0v) is 5.77. The average Bonchev–Trinajstić information content (AvgIpc) is 2.34. The standard InChI is InChI=1S/C8H14N/c1-2-3-4-8-5-6-9-7-8/h2-3,8-9H,1,4-7H2. The van der Waals surface area contributed by atoms with Crippen molar-refractivity contribution in [1.29, 1.82) is 0 Å². The molecule has 1 radical (unpaired) electrons. The Kier molecular flexibility index (Phi) is 2.78. The van der Waals surface area contributed by atoms with Gasteiger partial charge in [-0.1, -0.05) is 12.2 Å². The predicted molar refractivity (Wildman–Crippen MR) is 40.1 cm³/mol. The fourth-order valence-corrected chi connectivity index (χ4v) is 1.20. The van der Waals surface area contributed by atoms with Crippen LogP contribution < -0.4 is 5.32 Å². The van der Waals surface area contributed by atoms with Crippen LogP contribution in [-0.4, -0.2) is 13.1 Å². The highest BCUT2D eigenvalue weighted by atomic mass is 14.9. The largest absolute Gasteiger partial charge is 0.316 e. The van der Waals surface area contributed by atoms with E-state index in [9.17, 15) is 0 Å². The van der Waals surface area contributed by atoms with Crippen molar-refractivity contribution in [3.63, 3.8) is 0 Å². The van der Waals surface area contributed by atoms with Gasteiger partial charge in [0.15, 0.2) is 0 Å². The molecule has 1 saturated heterocycles. The summed E-state index contributed by atoms with van der Waals surface area (Å²) in [6.45, 7) is 6.05. The van der Waals surface area contributed by atoms with E-state index >= 15 is 0 Å². The first kappa shape index (κ1) is 6.81. The van der Waals surface area contributed by atoms with Crippen LogP contribution in [0.4, 0.5) is 0 Å². The Morgan fingerprint density at radius 1 is 1.67 bits per heavy atom. The molecule has 9 heavy (non-hydrogen) atoms. The van der Waals surface area contributed by atoms with E-state index in [0.717, 1.165) is 5.92 Å². The summed E-state index contributed by atoms with van der Waals surface area (Å²) in [5, 5.41) is 3.33. The molecule has 1 aliphatic rings. The van der Waals surface area contributed by atoms with Crippen molar-refractivity contribution in [2.75, 3.05) is 13.1 Å². The van der Waals surface area contributed by atoms with E-state index < -0.39 is 0 Å². The Morgan fingerprint density at radius 3 is 3.11 bits per heavy atom. The number of nitrogens with one attached hydrogen (secondary N) is 1. The third kappa shape index (κ3) is 2.19. The Hall–Kier alpha value is -0.300. The van der Waals surface area contributed by atoms with Gasteiger partial charge in [-0.25, -0.2) is 0 Å². The summed E-state index contributed by atoms with van der Waals surface area (Å²) in [5.41, 5.74) is 0. The van der Waals surface area contributed by atoms with Gasteiger partial charge in [-0.3, -0.25) is 0 Å². The lowest BCUT2D eigenvalue weighted by molar-refractivity contribution is 0.593. The zero-order chi connectivity index (χ0) is 6.53. The number of hydrogen-bond donors (Lipinski definition) is 1. The van der Waals surface area contributed by atoms with Gasteiger partial charge in [-0.15, -0.1) is 0 Å². The third-order valence-electron chi connectivity index (χ3n) is 1.80. The van der Waals surface area contributed by atoms with Crippen LogP contribution in [0.15, 0.2) is 12.2 Å². The number of hydrogen-bond acceptors (Lipinski definition) is 1. The molecule has 1 atom stereocenters. The molecule has 0 saturated carbocycles. The fourth-order valence-electron chi connectivity index (χ4n) is 1.20. The molecule has 0 bridgehead atoms. The summed E-state index contributed by atoms with van der Waals surface area (Å²) in [7, 11) is 0. The molecule has 0 aromatic rings. The highest BCUT2D eigenvalue weighted by Gasteiger charge is 2.11. The minimum absolute atomic E-state index is 0.878. The van der Waals surface area contributed by atoms with Crippen molar-refractivity contribution >= 4 is 0 Å². The second-order valence-electron chi connectivity index (χ2n) is 2.57. The van der Waals surface area contributed by atoms with Crippen molar-refractivity contribution in [3.8, 4) is 0 Å². The Labute approximate surface area is 57.1 Å². The summed E-state index contributed by atoms with van der Waals surface area (Å²) in [5.74, 6) is 0.878. The highest BCUT2D eigenvalue weighted by molar-refractivity contribution is 4.87. The molecule has 51 valence electrons. The minimum Gasteiger partial charge on any atom is -0.316 e. The topological polar surface area (TPSA) is 12.0 Å². The van der Waals surface area contributed by atoms with Crippen LogP contribution in [0.25, 0.3) is 0 Å². The van der Waals surface area contributed by atoms with E-state index in [4.69, 9.17) is 0 Å². The molecule has 0 spiro atoms. The van der Waals surface area contributed by atoms with Gasteiger partial charge in [0.2, 0.25) is 0 Å². The van der Waals surface area contributed by atoms with Gasteiger partial charge in [0.1, 0.15) is 0 Å². The molecule has 0 aromatic carbocycles. The SMILES string of the molecule is [CH2]C=CCC1CCNC1. The lowest BCUT2D eigenvalue weighted by Gasteiger charge is -2.00. The predicted octanol–water partition coefficient (Wildman–Crippen LogP) is 1.38. The number of allylic oxidation sites excluding steroid dienone is 2. The van der Waals surface area contributed by atoms with Crippen LogP contribution in [0.2, 0.25) is 0 Å². The van der Waals surface area contributed by atoms with Gasteiger partial charge >= 0.3 is 0 Å². The van der Waals surface area contributed by atoms with Gasteiger partial charge < -0.3 is 5.32 Å². The molecule has 1 rings (SSSR count). The van der Waals surface area contributed by atoms with Crippen LogP contribution in [0, 0.1) is 12.8 Å². The van der Waals surface area contributed by atoms with Crippen molar-refractivity contribution in [2.24, 2.45) is 5.92 Å². The smallest absolute Gasteiger partial charge is 0.00171 e. The molecule has 1 nitrogen and oxygen atoms in total. The first-order valence-corrected chi connectivity index (χ1v) is 3.58. The van der Waals surface area contributed by atoms with E-state index in [2.05, 4.69) is 18.3 Å². The molecule has 0 aliphatic carbocycles. The quantitative estimate of drug-likeness (QED) is 0.586. The maximum absolute atomic E-state index is 3.65. The van der Waals surface area contributed by atoms with E-state index in [1.54, 1.807) is 0 Å². The lowest BCUT2D eigenvalue weighted by atomic mass is 10.1. The summed E-state index contributed by atoms with van der Waals surface area (Å²) >= 11 is 0. The zero-order valence-electron chi connectivity index (χ0n) is 5.77. The maximum Gasteiger partial charge on any atom is -0.00171 e. The Bertz CT molecular complexity index is 90.7. The molecule has 1 heteroatoms. The van der Waals surface area contributed by atoms with Crippen LogP contribution in [0.5, 0.6) is 0 Å². The summed E-state index contributed by atoms with van der Waals surface area (Å²) in [6, 6.07) is 0. The van der Waals surface area contributed by atoms with Crippen molar-refractivity contribution in [2.45, 2.75) is 12.8 Å². The highest BCUT2D eigenvalue weighted by Crippen LogP contribution is 2.11. The molecule has 1 fully saturated rings. The van der Waals surface area contributed by atoms with E-state index in [0.29, 0.717) is 0 Å². The van der Waals surface area contributed by atoms with Crippen molar-refractivity contribution in [1.82, 2.24) is 5.32 Å². The lowest BCUT2D eigenvalue weighted by Crippen LogP contribution is -2.08. The van der Waals surface area contributed by atoms with Gasteiger partial charge in [0, 0.05) is 0 Å². The molecule has 0 amide bonds. The monoisotopic (exact) mass is 124 g/mol. The van der Waals surface area contributed by atoms with Gasteiger partial charge in [0.05, 0.1) is 0 Å². The first-order chi connectivity index (χ1) is 4.43. The molecular formula is C8H14N. The van der Waals surface area contributed by atoms with Crippen molar-refractivity contribution in [3.05, 3.63) is 19.1 Å². The van der Waals surface area contributed by atoms with E-state index in [-0.39, 0.29) is 0 Å². The Morgan fingerprint density at radius 2 is 2.56 bits per heavy atom. The summed E-state index contributed by atoms with van der Waals surface area (Å²) in [6.07, 6.45) is 6.58. The second kappa shape index (κ2) is 3.67. The van der Waals surface area contributed by atoms with Gasteiger partial charge in [-0.05, 0) is 38.8 Å².